The van der Waals surface area contributed by atoms with Crippen LogP contribution >= 0.6 is 23.2 Å². The summed E-state index contributed by atoms with van der Waals surface area (Å²) in [5.41, 5.74) is -0.523. The van der Waals surface area contributed by atoms with E-state index in [0.717, 1.165) is 0 Å². The van der Waals surface area contributed by atoms with Crippen LogP contribution in [0.15, 0.2) is 18.2 Å². The van der Waals surface area contributed by atoms with Crippen LogP contribution in [0.25, 0.3) is 0 Å². The molecule has 0 aromatic heterocycles. The second kappa shape index (κ2) is 6.45. The van der Waals surface area contributed by atoms with Gasteiger partial charge in [0.1, 0.15) is 21.2 Å². The van der Waals surface area contributed by atoms with Crippen molar-refractivity contribution < 1.29 is 23.8 Å². The van der Waals surface area contributed by atoms with E-state index in [1.807, 2.05) is 0 Å². The summed E-state index contributed by atoms with van der Waals surface area (Å²) in [5.74, 6) is -0.0765. The molecule has 1 amide bonds. The number of amides is 1. The fourth-order valence-corrected chi connectivity index (χ4v) is 2.69. The molecule has 0 radical (unpaired) electrons. The lowest BCUT2D eigenvalue weighted by Crippen LogP contribution is -2.26. The zero-order valence-corrected chi connectivity index (χ0v) is 14.5. The van der Waals surface area contributed by atoms with Crippen LogP contribution in [-0.4, -0.2) is 37.0 Å². The highest BCUT2D eigenvalue weighted by Crippen LogP contribution is 2.64. The molecule has 1 saturated carbocycles. The normalized spacial score (nSPS) is 21.3. The number of anilines is 1. The van der Waals surface area contributed by atoms with Crippen LogP contribution in [0, 0.1) is 5.41 Å². The zero-order chi connectivity index (χ0) is 17.3. The van der Waals surface area contributed by atoms with Gasteiger partial charge in [-0.2, -0.15) is 0 Å². The Morgan fingerprint density at radius 2 is 1.91 bits per heavy atom. The van der Waals surface area contributed by atoms with Crippen LogP contribution in [-0.2, 0) is 14.3 Å². The third kappa shape index (κ3) is 3.64. The van der Waals surface area contributed by atoms with Gasteiger partial charge in [0.2, 0.25) is 0 Å². The molecule has 0 bridgehead atoms. The van der Waals surface area contributed by atoms with Gasteiger partial charge in [-0.15, -0.1) is 23.2 Å². The van der Waals surface area contributed by atoms with Gasteiger partial charge in [0.15, 0.2) is 6.61 Å². The molecular formula is C15H17Cl2NO5. The number of esters is 1. The van der Waals surface area contributed by atoms with Gasteiger partial charge < -0.3 is 19.5 Å². The van der Waals surface area contributed by atoms with Crippen LogP contribution in [0.1, 0.15) is 13.3 Å². The Labute approximate surface area is 144 Å². The summed E-state index contributed by atoms with van der Waals surface area (Å²) in [6.07, 6.45) is 0.301. The fraction of sp³-hybridized carbons (Fsp3) is 0.467. The van der Waals surface area contributed by atoms with Crippen LogP contribution in [0.4, 0.5) is 5.69 Å². The molecule has 8 heteroatoms. The molecule has 1 aliphatic carbocycles. The number of hydrogen-bond donors (Lipinski definition) is 1. The number of benzene rings is 1. The summed E-state index contributed by atoms with van der Waals surface area (Å²) in [6, 6.07) is 4.93. The topological polar surface area (TPSA) is 73.9 Å². The molecule has 0 saturated heterocycles. The number of ether oxygens (including phenoxy) is 3. The van der Waals surface area contributed by atoms with E-state index < -0.39 is 28.2 Å². The van der Waals surface area contributed by atoms with Crippen molar-refractivity contribution in [1.29, 1.82) is 0 Å². The van der Waals surface area contributed by atoms with E-state index in [1.165, 1.54) is 14.2 Å². The Morgan fingerprint density at radius 3 is 2.43 bits per heavy atom. The Bertz CT molecular complexity index is 634. The summed E-state index contributed by atoms with van der Waals surface area (Å²) < 4.78 is 14.1. The lowest BCUT2D eigenvalue weighted by Gasteiger charge is -2.13. The molecule has 0 spiro atoms. The third-order valence-corrected chi connectivity index (χ3v) is 4.83. The van der Waals surface area contributed by atoms with Crippen molar-refractivity contribution >= 4 is 40.8 Å². The summed E-state index contributed by atoms with van der Waals surface area (Å²) in [7, 11) is 3.00. The molecular weight excluding hydrogens is 345 g/mol. The van der Waals surface area contributed by atoms with E-state index in [-0.39, 0.29) is 0 Å². The minimum absolute atomic E-state index is 0.301. The number of alkyl halides is 2. The quantitative estimate of drug-likeness (QED) is 0.622. The minimum Gasteiger partial charge on any atom is -0.497 e. The third-order valence-electron chi connectivity index (χ3n) is 3.73. The molecule has 0 heterocycles. The maximum Gasteiger partial charge on any atom is 0.315 e. The van der Waals surface area contributed by atoms with E-state index in [1.54, 1.807) is 25.1 Å². The molecule has 1 atom stereocenters. The Kier molecular flexibility index (Phi) is 4.96. The summed E-state index contributed by atoms with van der Waals surface area (Å²) in [5, 5.41) is 2.60. The monoisotopic (exact) mass is 361 g/mol. The molecule has 1 aliphatic rings. The van der Waals surface area contributed by atoms with Crippen molar-refractivity contribution in [3.63, 3.8) is 0 Å². The van der Waals surface area contributed by atoms with Crippen molar-refractivity contribution in [2.45, 2.75) is 17.7 Å². The SMILES string of the molecule is COc1ccc(NC(=O)COC(=O)[C@@]2(C)CC2(Cl)Cl)c(OC)c1. The first-order chi connectivity index (χ1) is 10.7. The molecule has 2 rings (SSSR count). The second-order valence-corrected chi connectivity index (χ2v) is 6.89. The number of carbonyl (C=O) groups is 2. The second-order valence-electron chi connectivity index (χ2n) is 5.40. The van der Waals surface area contributed by atoms with E-state index in [2.05, 4.69) is 5.32 Å². The van der Waals surface area contributed by atoms with Crippen molar-refractivity contribution in [3.05, 3.63) is 18.2 Å². The van der Waals surface area contributed by atoms with Gasteiger partial charge >= 0.3 is 5.97 Å². The number of hydrogen-bond acceptors (Lipinski definition) is 5. The standard InChI is InChI=1S/C15H17Cl2NO5/c1-14(8-15(14,16)17)13(20)23-7-12(19)18-10-5-4-9(21-2)6-11(10)22-3/h4-6H,7-8H2,1-3H3,(H,18,19)/t14-/m1/s1. The van der Waals surface area contributed by atoms with E-state index in [0.29, 0.717) is 23.6 Å². The van der Waals surface area contributed by atoms with E-state index in [9.17, 15) is 9.59 Å². The molecule has 0 unspecified atom stereocenters. The Hall–Kier alpha value is -1.66. The van der Waals surface area contributed by atoms with Crippen LogP contribution in [0.5, 0.6) is 11.5 Å². The lowest BCUT2D eigenvalue weighted by atomic mass is 10.1. The summed E-state index contributed by atoms with van der Waals surface area (Å²) in [4.78, 5) is 23.8. The van der Waals surface area contributed by atoms with Crippen molar-refractivity contribution in [3.8, 4) is 11.5 Å². The first kappa shape index (κ1) is 17.7. The molecule has 1 aromatic rings. The predicted molar refractivity (Wildman–Crippen MR) is 86.3 cm³/mol. The first-order valence-electron chi connectivity index (χ1n) is 6.80. The van der Waals surface area contributed by atoms with Crippen molar-refractivity contribution in [1.82, 2.24) is 0 Å². The molecule has 126 valence electrons. The van der Waals surface area contributed by atoms with Crippen molar-refractivity contribution in [2.75, 3.05) is 26.1 Å². The summed E-state index contributed by atoms with van der Waals surface area (Å²) >= 11 is 11.8. The maximum absolute atomic E-state index is 11.9. The van der Waals surface area contributed by atoms with Crippen LogP contribution in [0.2, 0.25) is 0 Å². The van der Waals surface area contributed by atoms with Gasteiger partial charge in [-0.25, -0.2) is 0 Å². The first-order valence-corrected chi connectivity index (χ1v) is 7.56. The maximum atomic E-state index is 11.9. The predicted octanol–water partition coefficient (Wildman–Crippen LogP) is 2.77. The Morgan fingerprint density at radius 1 is 1.26 bits per heavy atom. The van der Waals surface area contributed by atoms with E-state index in [4.69, 9.17) is 37.4 Å². The number of nitrogens with one attached hydrogen (secondary N) is 1. The Balaban J connectivity index is 1.92. The molecule has 1 N–H and O–H groups in total. The van der Waals surface area contributed by atoms with Crippen LogP contribution in [0.3, 0.4) is 0 Å². The van der Waals surface area contributed by atoms with Crippen LogP contribution < -0.4 is 14.8 Å². The largest absolute Gasteiger partial charge is 0.497 e. The smallest absolute Gasteiger partial charge is 0.315 e. The number of carbonyl (C=O) groups excluding carboxylic acids is 2. The number of methoxy groups -OCH3 is 2. The summed E-state index contributed by atoms with van der Waals surface area (Å²) in [6.45, 7) is 1.16. The molecule has 6 nitrogen and oxygen atoms in total. The van der Waals surface area contributed by atoms with Gasteiger partial charge in [-0.1, -0.05) is 0 Å². The van der Waals surface area contributed by atoms with Gasteiger partial charge in [-0.05, 0) is 19.1 Å². The molecule has 1 fully saturated rings. The number of rotatable bonds is 6. The highest BCUT2D eigenvalue weighted by molar-refractivity contribution is 6.53. The van der Waals surface area contributed by atoms with E-state index >= 15 is 0 Å². The minimum atomic E-state index is -1.13. The van der Waals surface area contributed by atoms with Gasteiger partial charge in [-0.3, -0.25) is 9.59 Å². The van der Waals surface area contributed by atoms with Gasteiger partial charge in [0, 0.05) is 12.5 Å². The lowest BCUT2D eigenvalue weighted by molar-refractivity contribution is -0.152. The molecule has 1 aromatic carbocycles. The zero-order valence-electron chi connectivity index (χ0n) is 12.9. The van der Waals surface area contributed by atoms with Gasteiger partial charge in [0.25, 0.3) is 5.91 Å². The van der Waals surface area contributed by atoms with Gasteiger partial charge in [0.05, 0.1) is 19.9 Å². The van der Waals surface area contributed by atoms with Crippen molar-refractivity contribution in [2.24, 2.45) is 5.41 Å². The molecule has 23 heavy (non-hydrogen) atoms. The highest BCUT2D eigenvalue weighted by Gasteiger charge is 2.69. The average Bonchev–Trinajstić information content (AvgIpc) is 3.04. The average molecular weight is 362 g/mol. The number of halogens is 2. The fourth-order valence-electron chi connectivity index (χ4n) is 2.00. The highest BCUT2D eigenvalue weighted by atomic mass is 35.5. The molecule has 0 aliphatic heterocycles.